The van der Waals surface area contributed by atoms with E-state index in [1.165, 1.54) is 0 Å². The Morgan fingerprint density at radius 1 is 1.08 bits per heavy atom. The Bertz CT molecular complexity index is 894. The first-order chi connectivity index (χ1) is 12.8. The molecule has 0 saturated carbocycles. The van der Waals surface area contributed by atoms with Gasteiger partial charge in [-0.25, -0.2) is 0 Å². The minimum Gasteiger partial charge on any atom is -0.379 e. The maximum absolute atomic E-state index is 12.6. The summed E-state index contributed by atoms with van der Waals surface area (Å²) < 4.78 is 7.18. The maximum Gasteiger partial charge on any atom is 0.258 e. The van der Waals surface area contributed by atoms with E-state index in [1.807, 2.05) is 47.1 Å². The van der Waals surface area contributed by atoms with E-state index in [0.717, 1.165) is 55.9 Å². The van der Waals surface area contributed by atoms with Crippen LogP contribution < -0.4 is 5.32 Å². The number of carbonyl (C=O) groups is 1. The zero-order chi connectivity index (χ0) is 17.8. The second-order valence-electron chi connectivity index (χ2n) is 6.43. The first-order valence-electron chi connectivity index (χ1n) is 8.91. The third kappa shape index (κ3) is 3.76. The highest BCUT2D eigenvalue weighted by Gasteiger charge is 2.13. The van der Waals surface area contributed by atoms with E-state index in [1.54, 1.807) is 12.4 Å². The first kappa shape index (κ1) is 16.8. The molecule has 0 spiro atoms. The number of nitrogens with zero attached hydrogens (tertiary/aromatic N) is 3. The summed E-state index contributed by atoms with van der Waals surface area (Å²) in [6.45, 7) is 5.16. The van der Waals surface area contributed by atoms with E-state index < -0.39 is 0 Å². The number of hydrogen-bond donors (Lipinski definition) is 1. The number of morpholine rings is 1. The summed E-state index contributed by atoms with van der Waals surface area (Å²) in [5.74, 6) is -0.140. The number of aromatic nitrogens is 2. The largest absolute Gasteiger partial charge is 0.379 e. The molecule has 6 heteroatoms. The Hall–Kier alpha value is -2.70. The zero-order valence-electron chi connectivity index (χ0n) is 14.6. The lowest BCUT2D eigenvalue weighted by molar-refractivity contribution is 0.0360. The van der Waals surface area contributed by atoms with Crippen molar-refractivity contribution < 1.29 is 9.53 Å². The molecular formula is C20H22N4O2. The zero-order valence-corrected chi connectivity index (χ0v) is 14.6. The molecule has 1 aromatic heterocycles. The van der Waals surface area contributed by atoms with Crippen molar-refractivity contribution in [2.45, 2.75) is 6.54 Å². The van der Waals surface area contributed by atoms with Gasteiger partial charge in [0.05, 0.1) is 31.5 Å². The molecule has 0 atom stereocenters. The summed E-state index contributed by atoms with van der Waals surface area (Å²) in [6.07, 6.45) is 3.43. The first-order valence-corrected chi connectivity index (χ1v) is 8.91. The van der Waals surface area contributed by atoms with E-state index in [0.29, 0.717) is 5.56 Å². The van der Waals surface area contributed by atoms with Gasteiger partial charge in [0.1, 0.15) is 0 Å². The Kier molecular flexibility index (Phi) is 4.95. The molecule has 0 unspecified atom stereocenters. The molecule has 134 valence electrons. The van der Waals surface area contributed by atoms with Gasteiger partial charge in [-0.3, -0.25) is 14.4 Å². The normalized spacial score (nSPS) is 15.2. The molecule has 1 aliphatic rings. The van der Waals surface area contributed by atoms with E-state index in [4.69, 9.17) is 4.74 Å². The van der Waals surface area contributed by atoms with Crippen LogP contribution in [-0.2, 0) is 11.3 Å². The molecule has 3 aromatic rings. The van der Waals surface area contributed by atoms with Crippen molar-refractivity contribution in [2.75, 3.05) is 38.2 Å². The SMILES string of the molecule is O=C(Nc1cccc2ccccc12)c1cnn(CCN2CCOCC2)c1. The van der Waals surface area contributed by atoms with E-state index >= 15 is 0 Å². The van der Waals surface area contributed by atoms with Gasteiger partial charge in [-0.05, 0) is 11.5 Å². The van der Waals surface area contributed by atoms with Crippen LogP contribution in [0.15, 0.2) is 54.9 Å². The summed E-state index contributed by atoms with van der Waals surface area (Å²) >= 11 is 0. The number of amides is 1. The number of anilines is 1. The predicted molar refractivity (Wildman–Crippen MR) is 101 cm³/mol. The molecule has 1 amide bonds. The molecule has 2 aromatic carbocycles. The van der Waals surface area contributed by atoms with Crippen molar-refractivity contribution >= 4 is 22.4 Å². The summed E-state index contributed by atoms with van der Waals surface area (Å²) in [7, 11) is 0. The highest BCUT2D eigenvalue weighted by atomic mass is 16.5. The third-order valence-electron chi connectivity index (χ3n) is 4.68. The van der Waals surface area contributed by atoms with Crippen LogP contribution in [0.4, 0.5) is 5.69 Å². The monoisotopic (exact) mass is 350 g/mol. The fourth-order valence-electron chi connectivity index (χ4n) is 3.20. The molecule has 1 aliphatic heterocycles. The summed E-state index contributed by atoms with van der Waals surface area (Å²) in [5, 5.41) is 9.46. The van der Waals surface area contributed by atoms with Gasteiger partial charge in [0, 0.05) is 36.9 Å². The van der Waals surface area contributed by atoms with Gasteiger partial charge in [-0.2, -0.15) is 5.10 Å². The van der Waals surface area contributed by atoms with Crippen molar-refractivity contribution in [1.29, 1.82) is 0 Å². The topological polar surface area (TPSA) is 59.4 Å². The Morgan fingerprint density at radius 2 is 1.88 bits per heavy atom. The molecule has 0 radical (unpaired) electrons. The van der Waals surface area contributed by atoms with Crippen molar-refractivity contribution in [2.24, 2.45) is 0 Å². The number of carbonyl (C=O) groups excluding carboxylic acids is 1. The van der Waals surface area contributed by atoms with E-state index in [-0.39, 0.29) is 5.91 Å². The highest BCUT2D eigenvalue weighted by molar-refractivity contribution is 6.08. The third-order valence-corrected chi connectivity index (χ3v) is 4.68. The quantitative estimate of drug-likeness (QED) is 0.768. The Morgan fingerprint density at radius 3 is 2.77 bits per heavy atom. The lowest BCUT2D eigenvalue weighted by atomic mass is 10.1. The summed E-state index contributed by atoms with van der Waals surface area (Å²) in [6, 6.07) is 13.9. The second kappa shape index (κ2) is 7.68. The van der Waals surface area contributed by atoms with Gasteiger partial charge in [0.2, 0.25) is 0 Å². The molecule has 1 N–H and O–H groups in total. The number of hydrogen-bond acceptors (Lipinski definition) is 4. The molecule has 1 fully saturated rings. The second-order valence-corrected chi connectivity index (χ2v) is 6.43. The van der Waals surface area contributed by atoms with Crippen LogP contribution >= 0.6 is 0 Å². The van der Waals surface area contributed by atoms with Crippen LogP contribution in [0.25, 0.3) is 10.8 Å². The minimum atomic E-state index is -0.140. The van der Waals surface area contributed by atoms with E-state index in [2.05, 4.69) is 15.3 Å². The van der Waals surface area contributed by atoms with Gasteiger partial charge in [-0.1, -0.05) is 36.4 Å². The minimum absolute atomic E-state index is 0.140. The fraction of sp³-hybridized carbons (Fsp3) is 0.300. The predicted octanol–water partition coefficient (Wildman–Crippen LogP) is 2.62. The van der Waals surface area contributed by atoms with Crippen molar-refractivity contribution in [3.63, 3.8) is 0 Å². The molecule has 26 heavy (non-hydrogen) atoms. The van der Waals surface area contributed by atoms with E-state index in [9.17, 15) is 4.79 Å². The summed E-state index contributed by atoms with van der Waals surface area (Å²) in [5.41, 5.74) is 1.38. The van der Waals surface area contributed by atoms with Crippen LogP contribution in [0.2, 0.25) is 0 Å². The van der Waals surface area contributed by atoms with Gasteiger partial charge >= 0.3 is 0 Å². The van der Waals surface area contributed by atoms with Crippen LogP contribution in [0.5, 0.6) is 0 Å². The lowest BCUT2D eigenvalue weighted by Gasteiger charge is -2.26. The van der Waals surface area contributed by atoms with Crippen molar-refractivity contribution in [1.82, 2.24) is 14.7 Å². The molecule has 4 rings (SSSR count). The molecule has 0 aliphatic carbocycles. The Labute approximate surface area is 152 Å². The highest BCUT2D eigenvalue weighted by Crippen LogP contribution is 2.23. The number of rotatable bonds is 5. The number of benzene rings is 2. The van der Waals surface area contributed by atoms with Crippen molar-refractivity contribution in [3.05, 3.63) is 60.4 Å². The van der Waals surface area contributed by atoms with Gasteiger partial charge in [-0.15, -0.1) is 0 Å². The average Bonchev–Trinajstić information content (AvgIpc) is 3.17. The van der Waals surface area contributed by atoms with Gasteiger partial charge < -0.3 is 10.1 Å². The lowest BCUT2D eigenvalue weighted by Crippen LogP contribution is -2.38. The number of fused-ring (bicyclic) bond motifs is 1. The maximum atomic E-state index is 12.6. The standard InChI is InChI=1S/C20H22N4O2/c25-20(22-19-7-3-5-16-4-1-2-6-18(16)19)17-14-21-24(15-17)9-8-23-10-12-26-13-11-23/h1-7,14-15H,8-13H2,(H,22,25). The fourth-order valence-corrected chi connectivity index (χ4v) is 3.20. The number of nitrogens with one attached hydrogen (secondary N) is 1. The number of ether oxygens (including phenoxy) is 1. The van der Waals surface area contributed by atoms with Gasteiger partial charge in [0.25, 0.3) is 5.91 Å². The van der Waals surface area contributed by atoms with Crippen molar-refractivity contribution in [3.8, 4) is 0 Å². The molecule has 1 saturated heterocycles. The molecule has 6 nitrogen and oxygen atoms in total. The van der Waals surface area contributed by atoms with Crippen LogP contribution in [0.1, 0.15) is 10.4 Å². The molecule has 2 heterocycles. The molecular weight excluding hydrogens is 328 g/mol. The van der Waals surface area contributed by atoms with Gasteiger partial charge in [0.15, 0.2) is 0 Å². The average molecular weight is 350 g/mol. The van der Waals surface area contributed by atoms with Crippen LogP contribution in [0.3, 0.4) is 0 Å². The molecule has 0 bridgehead atoms. The van der Waals surface area contributed by atoms with Crippen LogP contribution in [-0.4, -0.2) is 53.4 Å². The Balaban J connectivity index is 1.41. The smallest absolute Gasteiger partial charge is 0.258 e. The summed E-state index contributed by atoms with van der Waals surface area (Å²) in [4.78, 5) is 14.9. The van der Waals surface area contributed by atoms with Crippen LogP contribution in [0, 0.1) is 0 Å².